The van der Waals surface area contributed by atoms with Crippen LogP contribution in [0, 0.1) is 13.8 Å². The van der Waals surface area contributed by atoms with E-state index in [1.54, 1.807) is 0 Å². The van der Waals surface area contributed by atoms with Gasteiger partial charge in [0.15, 0.2) is 0 Å². The van der Waals surface area contributed by atoms with E-state index in [4.69, 9.17) is 0 Å². The Morgan fingerprint density at radius 1 is 0.164 bits per heavy atom. The molecule has 0 aromatic carbocycles. The minimum Gasteiger partial charge on any atom is -0.343 e. The van der Waals surface area contributed by atoms with Crippen LogP contribution in [0.1, 0.15) is 335 Å². The summed E-state index contributed by atoms with van der Waals surface area (Å²) in [6.07, 6.45) is 72.6. The third-order valence-electron chi connectivity index (χ3n) is 12.2. The third-order valence-corrected chi connectivity index (χ3v) is 12.2. The second kappa shape index (κ2) is 61.2. The van der Waals surface area contributed by atoms with Crippen LogP contribution in [0.25, 0.3) is 0 Å². The minimum absolute atomic E-state index is 0. The Morgan fingerprint density at radius 2 is 0.255 bits per heavy atom. The summed E-state index contributed by atoms with van der Waals surface area (Å²) in [6.45, 7) is 12.4. The van der Waals surface area contributed by atoms with Crippen LogP contribution < -0.4 is 0 Å². The van der Waals surface area contributed by atoms with Crippen LogP contribution >= 0.6 is 0 Å². The van der Waals surface area contributed by atoms with Crippen LogP contribution in [-0.4, -0.2) is 0 Å². The molecule has 0 aromatic rings. The largest absolute Gasteiger partial charge is 2.00 e. The third kappa shape index (κ3) is 63.9. The Balaban J connectivity index is -0.000000966. The average Bonchev–Trinajstić information content (AvgIpc) is 3.18. The van der Waals surface area contributed by atoms with Crippen LogP contribution in [0.2, 0.25) is 0 Å². The average molecular weight is 818 g/mol. The molecular weight excluding hydrogens is 707 g/mol. The van der Waals surface area contributed by atoms with Gasteiger partial charge in [-0.25, -0.2) is 0 Å². The molecule has 0 amide bonds. The summed E-state index contributed by atoms with van der Waals surface area (Å²) >= 11 is 0. The molecule has 0 aromatic heterocycles. The van der Waals surface area contributed by atoms with Crippen LogP contribution in [0.3, 0.4) is 0 Å². The van der Waals surface area contributed by atoms with Gasteiger partial charge in [0.25, 0.3) is 0 Å². The van der Waals surface area contributed by atoms with Crippen molar-refractivity contribution in [3.63, 3.8) is 0 Å². The van der Waals surface area contributed by atoms with Crippen molar-refractivity contribution in [2.75, 3.05) is 0 Å². The molecular formula is C54H110Ni. The summed E-state index contributed by atoms with van der Waals surface area (Å²) in [5.74, 6) is 0. The molecule has 0 bridgehead atoms. The van der Waals surface area contributed by atoms with Gasteiger partial charge in [0.2, 0.25) is 0 Å². The van der Waals surface area contributed by atoms with Crippen LogP contribution in [0.5, 0.6) is 0 Å². The minimum atomic E-state index is 0. The number of hydrogen-bond acceptors (Lipinski definition) is 0. The molecule has 0 fully saturated rings. The maximum atomic E-state index is 3.91. The van der Waals surface area contributed by atoms with Gasteiger partial charge < -0.3 is 13.8 Å². The van der Waals surface area contributed by atoms with Crippen molar-refractivity contribution in [2.45, 2.75) is 335 Å². The molecule has 0 rings (SSSR count). The normalized spacial score (nSPS) is 11.1. The van der Waals surface area contributed by atoms with Crippen molar-refractivity contribution in [3.05, 3.63) is 13.8 Å². The Kier molecular flexibility index (Phi) is 66.5. The second-order valence-electron chi connectivity index (χ2n) is 18.0. The zero-order valence-electron chi connectivity index (χ0n) is 39.1. The zero-order valence-corrected chi connectivity index (χ0v) is 40.1. The molecule has 0 aliphatic carbocycles. The summed E-state index contributed by atoms with van der Waals surface area (Å²) < 4.78 is 0. The Hall–Kier alpha value is 0.494. The van der Waals surface area contributed by atoms with Gasteiger partial charge in [0.05, 0.1) is 0 Å². The van der Waals surface area contributed by atoms with E-state index in [2.05, 4.69) is 27.7 Å². The fraction of sp³-hybridized carbons (Fsp3) is 0.963. The van der Waals surface area contributed by atoms with Crippen molar-refractivity contribution in [1.29, 1.82) is 0 Å². The van der Waals surface area contributed by atoms with Crippen LogP contribution in [0.15, 0.2) is 0 Å². The van der Waals surface area contributed by atoms with E-state index in [1.807, 2.05) is 0 Å². The van der Waals surface area contributed by atoms with Gasteiger partial charge >= 0.3 is 16.5 Å². The van der Waals surface area contributed by atoms with Crippen molar-refractivity contribution >= 4 is 0 Å². The van der Waals surface area contributed by atoms with Gasteiger partial charge in [0, 0.05) is 0 Å². The van der Waals surface area contributed by atoms with Gasteiger partial charge in [0.1, 0.15) is 0 Å². The summed E-state index contributed by atoms with van der Waals surface area (Å²) in [7, 11) is 0. The van der Waals surface area contributed by atoms with E-state index in [9.17, 15) is 0 Å². The number of unbranched alkanes of at least 4 members (excludes halogenated alkanes) is 48. The predicted molar refractivity (Wildman–Crippen MR) is 253 cm³/mol. The maximum absolute atomic E-state index is 3.91. The molecule has 0 N–H and O–H groups in total. The fourth-order valence-electron chi connectivity index (χ4n) is 8.28. The van der Waals surface area contributed by atoms with Crippen molar-refractivity contribution in [1.82, 2.24) is 0 Å². The molecule has 336 valence electrons. The molecule has 0 nitrogen and oxygen atoms in total. The molecule has 0 radical (unpaired) electrons. The summed E-state index contributed by atoms with van der Waals surface area (Å²) in [5.41, 5.74) is 0. The summed E-state index contributed by atoms with van der Waals surface area (Å²) in [6, 6.07) is 0. The molecule has 0 atom stereocenters. The molecule has 0 spiro atoms. The van der Waals surface area contributed by atoms with E-state index >= 15 is 0 Å². The molecule has 0 heterocycles. The van der Waals surface area contributed by atoms with Crippen LogP contribution in [0.4, 0.5) is 0 Å². The monoisotopic (exact) mass is 817 g/mol. The number of rotatable bonds is 48. The Labute approximate surface area is 363 Å². The topological polar surface area (TPSA) is 0 Å². The van der Waals surface area contributed by atoms with Gasteiger partial charge in [-0.1, -0.05) is 322 Å². The first kappa shape index (κ1) is 59.8. The Bertz CT molecular complexity index is 474. The van der Waals surface area contributed by atoms with E-state index in [0.29, 0.717) is 0 Å². The predicted octanol–water partition coefficient (Wildman–Crippen LogP) is 21.2. The standard InChI is InChI=1S/2C27H55.Ni/c2*1-3-5-7-9-11-13-15-17-19-21-23-25-27-26-24-22-20-18-16-14-12-10-8-6-4-2;/h2*1,3-27H2,2H3;/q2*-1;+2. The zero-order chi connectivity index (χ0) is 39.4. The fourth-order valence-corrected chi connectivity index (χ4v) is 8.28. The van der Waals surface area contributed by atoms with Crippen molar-refractivity contribution in [2.24, 2.45) is 0 Å². The molecule has 0 aliphatic rings. The SMILES string of the molecule is [CH2-]CCCCCCCCCCCCCCCCCCCCCCCCCC.[CH2-]CCCCCCCCCCCCCCCCCCCCCCCCCC.[Ni+2]. The molecule has 0 saturated carbocycles. The first-order valence-electron chi connectivity index (χ1n) is 26.4. The van der Waals surface area contributed by atoms with E-state index in [0.717, 1.165) is 12.8 Å². The smallest absolute Gasteiger partial charge is 0.343 e. The van der Waals surface area contributed by atoms with Gasteiger partial charge in [-0.3, -0.25) is 0 Å². The molecule has 0 aliphatic heterocycles. The Morgan fingerprint density at radius 3 is 0.345 bits per heavy atom. The van der Waals surface area contributed by atoms with Gasteiger partial charge in [-0.2, -0.15) is 12.8 Å². The van der Waals surface area contributed by atoms with E-state index in [-0.39, 0.29) is 16.5 Å². The van der Waals surface area contributed by atoms with Crippen LogP contribution in [-0.2, 0) is 16.5 Å². The summed E-state index contributed by atoms with van der Waals surface area (Å²) in [5, 5.41) is 0. The molecule has 0 saturated heterocycles. The quantitative estimate of drug-likeness (QED) is 0.0326. The maximum Gasteiger partial charge on any atom is 2.00 e. The van der Waals surface area contributed by atoms with E-state index < -0.39 is 0 Å². The number of hydrogen-bond donors (Lipinski definition) is 0. The first-order valence-corrected chi connectivity index (χ1v) is 26.4. The molecule has 1 heteroatoms. The van der Waals surface area contributed by atoms with E-state index in [1.165, 1.54) is 308 Å². The first-order chi connectivity index (χ1) is 26.8. The van der Waals surface area contributed by atoms with Crippen molar-refractivity contribution in [3.8, 4) is 0 Å². The van der Waals surface area contributed by atoms with Gasteiger partial charge in [-0.05, 0) is 0 Å². The van der Waals surface area contributed by atoms with Crippen molar-refractivity contribution < 1.29 is 16.5 Å². The summed E-state index contributed by atoms with van der Waals surface area (Å²) in [4.78, 5) is 0. The molecule has 0 unspecified atom stereocenters. The second-order valence-corrected chi connectivity index (χ2v) is 18.0. The van der Waals surface area contributed by atoms with Gasteiger partial charge in [-0.15, -0.1) is 0 Å². The molecule has 55 heavy (non-hydrogen) atoms.